The average molecular weight is 515 g/mol. The Morgan fingerprint density at radius 1 is 0.676 bits per heavy atom. The number of rotatable bonds is 12. The van der Waals surface area contributed by atoms with Gasteiger partial charge < -0.3 is 53.2 Å². The largest absolute Gasteiger partial charge is 1.00 e. The number of ether oxygens (including phenoxy) is 6. The number of methoxy groups -OCH3 is 2. The molecule has 0 bridgehead atoms. The minimum Gasteiger partial charge on any atom is -1.00 e. The van der Waals surface area contributed by atoms with E-state index in [1.54, 1.807) is 38.5 Å². The lowest BCUT2D eigenvalue weighted by Gasteiger charge is -2.11. The molecule has 0 unspecified atom stereocenters. The van der Waals surface area contributed by atoms with Gasteiger partial charge in [0.25, 0.3) is 0 Å². The van der Waals surface area contributed by atoms with Gasteiger partial charge in [-0.3, -0.25) is 0 Å². The molecule has 0 aliphatic heterocycles. The van der Waals surface area contributed by atoms with Crippen LogP contribution in [-0.4, -0.2) is 52.4 Å². The van der Waals surface area contributed by atoms with Crippen LogP contribution in [0.15, 0.2) is 48.6 Å². The molecule has 10 heteroatoms. The van der Waals surface area contributed by atoms with E-state index in [-0.39, 0.29) is 24.8 Å². The van der Waals surface area contributed by atoms with E-state index in [9.17, 15) is 0 Å². The van der Waals surface area contributed by atoms with E-state index in [1.165, 1.54) is 0 Å². The van der Waals surface area contributed by atoms with E-state index in [2.05, 4.69) is 0 Å². The zero-order valence-electron chi connectivity index (χ0n) is 19.8. The molecular formula is C24H32Cl2N2O6. The Labute approximate surface area is 213 Å². The van der Waals surface area contributed by atoms with Crippen LogP contribution in [0.25, 0.3) is 0 Å². The Morgan fingerprint density at radius 2 is 1.06 bits per heavy atom. The van der Waals surface area contributed by atoms with Crippen molar-refractivity contribution in [3.8, 4) is 23.0 Å². The maximum Gasteiger partial charge on any atom is 0.366 e. The molecule has 188 valence electrons. The van der Waals surface area contributed by atoms with Gasteiger partial charge in [-0.2, -0.15) is 0 Å². The fourth-order valence-corrected chi connectivity index (χ4v) is 2.77. The van der Waals surface area contributed by atoms with Crippen molar-refractivity contribution >= 4 is 11.8 Å². The minimum absolute atomic E-state index is 0. The normalized spacial score (nSPS) is 9.88. The minimum atomic E-state index is 0. The summed E-state index contributed by atoms with van der Waals surface area (Å²) in [6.45, 7) is 5.43. The maximum absolute atomic E-state index is 5.89. The number of hydrogen-bond donors (Lipinski definition) is 2. The van der Waals surface area contributed by atoms with Crippen LogP contribution in [0.2, 0.25) is 0 Å². The smallest absolute Gasteiger partial charge is 0.366 e. The van der Waals surface area contributed by atoms with Crippen molar-refractivity contribution in [3.63, 3.8) is 0 Å². The van der Waals surface area contributed by atoms with Crippen molar-refractivity contribution in [3.05, 3.63) is 59.7 Å². The molecule has 0 saturated carbocycles. The summed E-state index contributed by atoms with van der Waals surface area (Å²) in [5.41, 5.74) is 1.47. The molecule has 0 aliphatic rings. The molecule has 0 amide bonds. The Bertz CT molecular complexity index is 878. The van der Waals surface area contributed by atoms with E-state index in [0.717, 1.165) is 11.1 Å². The van der Waals surface area contributed by atoms with Gasteiger partial charge in [0.05, 0.1) is 38.6 Å². The van der Waals surface area contributed by atoms with Crippen molar-refractivity contribution in [2.24, 2.45) is 0 Å². The fourth-order valence-electron chi connectivity index (χ4n) is 2.77. The molecule has 8 nitrogen and oxygen atoms in total. The van der Waals surface area contributed by atoms with Gasteiger partial charge in [0, 0.05) is 12.1 Å². The van der Waals surface area contributed by atoms with Gasteiger partial charge in [-0.05, 0) is 50.3 Å². The number of hydrogen-bond acceptors (Lipinski definition) is 6. The molecule has 0 saturated heterocycles. The highest BCUT2D eigenvalue weighted by molar-refractivity contribution is 5.90. The molecule has 0 spiro atoms. The Balaban J connectivity index is 0.00000544. The summed E-state index contributed by atoms with van der Waals surface area (Å²) in [5.74, 6) is 3.04. The third-order valence-electron chi connectivity index (χ3n) is 4.33. The van der Waals surface area contributed by atoms with E-state index in [0.29, 0.717) is 61.2 Å². The average Bonchev–Trinajstić information content (AvgIpc) is 2.81. The number of halogens is 2. The molecule has 34 heavy (non-hydrogen) atoms. The van der Waals surface area contributed by atoms with Crippen LogP contribution in [-0.2, 0) is 9.47 Å². The topological polar surface area (TPSA) is 107 Å². The van der Waals surface area contributed by atoms with Crippen molar-refractivity contribution < 1.29 is 64.1 Å². The third kappa shape index (κ3) is 9.03. The SMILES string of the molecule is CCOC(=[NH2+])c1ccc(OC/C=C/COc2ccc(C(=[NH2+])OCC)cc2OC)c(OC)c1.[Cl-].[Cl-]. The third-order valence-corrected chi connectivity index (χ3v) is 4.33. The van der Waals surface area contributed by atoms with Gasteiger partial charge in [-0.1, -0.05) is 0 Å². The Hall–Kier alpha value is -3.10. The predicted molar refractivity (Wildman–Crippen MR) is 121 cm³/mol. The molecular weight excluding hydrogens is 483 g/mol. The summed E-state index contributed by atoms with van der Waals surface area (Å²) in [6.07, 6.45) is 3.71. The predicted octanol–water partition coefficient (Wildman–Crippen LogP) is -5.19. The Morgan fingerprint density at radius 3 is 1.38 bits per heavy atom. The first-order chi connectivity index (χ1) is 15.5. The van der Waals surface area contributed by atoms with Crippen LogP contribution >= 0.6 is 0 Å². The number of nitrogens with two attached hydrogens (primary N) is 2. The molecule has 0 radical (unpaired) electrons. The summed E-state index contributed by atoms with van der Waals surface area (Å²) in [5, 5.41) is 11.8. The summed E-state index contributed by atoms with van der Waals surface area (Å²) in [4.78, 5) is 0. The lowest BCUT2D eigenvalue weighted by atomic mass is 10.2. The van der Waals surface area contributed by atoms with Gasteiger partial charge in [-0.15, -0.1) is 0 Å². The van der Waals surface area contributed by atoms with Crippen LogP contribution in [0.3, 0.4) is 0 Å². The van der Waals surface area contributed by atoms with Gasteiger partial charge in [0.1, 0.15) is 13.2 Å². The summed E-state index contributed by atoms with van der Waals surface area (Å²) >= 11 is 0. The first kappa shape index (κ1) is 30.9. The summed E-state index contributed by atoms with van der Waals surface area (Å²) in [7, 11) is 3.15. The quantitative estimate of drug-likeness (QED) is 0.166. The standard InChI is InChI=1S/C24H30N2O6.2ClH/c1-5-29-23(25)17-9-11-19(21(15-17)27-3)31-13-7-8-14-32-20-12-10-18(16-22(20)28-4)24(26)30-6-2;;/h7-12,15-16,25-26H,5-6,13-14H2,1-4H3;2*1H/b8-7+,25-23?,26-24?;;. The van der Waals surface area contributed by atoms with Crippen molar-refractivity contribution in [1.82, 2.24) is 0 Å². The van der Waals surface area contributed by atoms with E-state index in [4.69, 9.17) is 39.2 Å². The molecule has 2 aromatic carbocycles. The zero-order chi connectivity index (χ0) is 23.3. The molecule has 4 N–H and O–H groups in total. The second-order valence-corrected chi connectivity index (χ2v) is 6.42. The van der Waals surface area contributed by atoms with Gasteiger partial charge in [0.15, 0.2) is 23.0 Å². The molecule has 2 rings (SSSR count). The monoisotopic (exact) mass is 514 g/mol. The lowest BCUT2D eigenvalue weighted by Crippen LogP contribution is -3.00. The zero-order valence-corrected chi connectivity index (χ0v) is 21.3. The number of benzene rings is 2. The highest BCUT2D eigenvalue weighted by atomic mass is 35.5. The van der Waals surface area contributed by atoms with Gasteiger partial charge in [0.2, 0.25) is 0 Å². The van der Waals surface area contributed by atoms with Gasteiger partial charge in [-0.25, -0.2) is 10.8 Å². The summed E-state index contributed by atoms with van der Waals surface area (Å²) < 4.78 is 33.0. The van der Waals surface area contributed by atoms with Crippen LogP contribution < -0.4 is 54.6 Å². The van der Waals surface area contributed by atoms with E-state index >= 15 is 0 Å². The fraction of sp³-hybridized carbons (Fsp3) is 0.333. The van der Waals surface area contributed by atoms with Crippen molar-refractivity contribution in [1.29, 1.82) is 0 Å². The Kier molecular flexibility index (Phi) is 15.0. The maximum atomic E-state index is 5.89. The second kappa shape index (κ2) is 16.5. The molecule has 0 aliphatic carbocycles. The molecule has 2 aromatic rings. The molecule has 0 atom stereocenters. The summed E-state index contributed by atoms with van der Waals surface area (Å²) in [6, 6.07) is 10.8. The van der Waals surface area contributed by atoms with Crippen LogP contribution in [0.5, 0.6) is 23.0 Å². The highest BCUT2D eigenvalue weighted by Gasteiger charge is 2.14. The first-order valence-electron chi connectivity index (χ1n) is 10.3. The molecule has 0 aromatic heterocycles. The van der Waals surface area contributed by atoms with Crippen LogP contribution in [0.1, 0.15) is 25.0 Å². The lowest BCUT2D eigenvalue weighted by molar-refractivity contribution is -0.138. The van der Waals surface area contributed by atoms with E-state index in [1.807, 2.05) is 38.1 Å². The second-order valence-electron chi connectivity index (χ2n) is 6.42. The first-order valence-corrected chi connectivity index (χ1v) is 10.3. The molecule has 0 fully saturated rings. The highest BCUT2D eigenvalue weighted by Crippen LogP contribution is 2.29. The van der Waals surface area contributed by atoms with Crippen LogP contribution in [0, 0.1) is 0 Å². The van der Waals surface area contributed by atoms with Crippen molar-refractivity contribution in [2.45, 2.75) is 13.8 Å². The van der Waals surface area contributed by atoms with Crippen LogP contribution in [0.4, 0.5) is 0 Å². The van der Waals surface area contributed by atoms with E-state index < -0.39 is 0 Å². The van der Waals surface area contributed by atoms with Crippen molar-refractivity contribution in [2.75, 3.05) is 40.6 Å². The molecule has 0 heterocycles. The van der Waals surface area contributed by atoms with Gasteiger partial charge >= 0.3 is 11.8 Å².